The van der Waals surface area contributed by atoms with Crippen LogP contribution in [0, 0.1) is 6.92 Å². The largest absolute Gasteiger partial charge is 0.456 e. The Bertz CT molecular complexity index is 1140. The van der Waals surface area contributed by atoms with Crippen molar-refractivity contribution in [3.05, 3.63) is 81.7 Å². The molecule has 1 spiro atoms. The number of benzene rings is 1. The summed E-state index contributed by atoms with van der Waals surface area (Å²) in [5, 5.41) is 4.88. The van der Waals surface area contributed by atoms with Crippen molar-refractivity contribution in [3.8, 4) is 5.69 Å². The number of fused-ring (bicyclic) bond motifs is 2. The molecule has 1 aromatic carbocycles. The predicted molar refractivity (Wildman–Crippen MR) is 110 cm³/mol. The lowest BCUT2D eigenvalue weighted by Crippen LogP contribution is -2.48. The Morgan fingerprint density at radius 3 is 2.63 bits per heavy atom. The molecule has 154 valence electrons. The Balaban J connectivity index is 1.38. The van der Waals surface area contributed by atoms with Crippen LogP contribution in [0.5, 0.6) is 0 Å². The second-order valence-electron chi connectivity index (χ2n) is 7.94. The van der Waals surface area contributed by atoms with E-state index < -0.39 is 5.60 Å². The highest BCUT2D eigenvalue weighted by Crippen LogP contribution is 2.41. The normalized spacial score (nSPS) is 17.7. The van der Waals surface area contributed by atoms with E-state index in [9.17, 15) is 9.59 Å². The van der Waals surface area contributed by atoms with Crippen molar-refractivity contribution < 1.29 is 13.9 Å². The van der Waals surface area contributed by atoms with E-state index >= 15 is 0 Å². The number of ether oxygens (including phenoxy) is 1. The van der Waals surface area contributed by atoms with E-state index in [1.807, 2.05) is 35.0 Å². The number of aryl methyl sites for hydroxylation is 1. The zero-order valence-corrected chi connectivity index (χ0v) is 16.8. The van der Waals surface area contributed by atoms with Crippen molar-refractivity contribution in [1.29, 1.82) is 0 Å². The quantitative estimate of drug-likeness (QED) is 0.655. The molecule has 1 saturated heterocycles. The Hall–Kier alpha value is -3.19. The predicted octanol–water partition coefficient (Wildman–Crippen LogP) is 2.84. The molecule has 0 aliphatic carbocycles. The summed E-state index contributed by atoms with van der Waals surface area (Å²) in [4.78, 5) is 26.3. The highest BCUT2D eigenvalue weighted by atomic mass is 16.5. The van der Waals surface area contributed by atoms with Crippen molar-refractivity contribution in [2.24, 2.45) is 0 Å². The first-order chi connectivity index (χ1) is 14.5. The van der Waals surface area contributed by atoms with Crippen LogP contribution in [0.15, 0.2) is 57.9 Å². The lowest BCUT2D eigenvalue weighted by Gasteiger charge is -2.42. The van der Waals surface area contributed by atoms with Crippen LogP contribution in [0.25, 0.3) is 5.69 Å². The highest BCUT2D eigenvalue weighted by molar-refractivity contribution is 5.91. The Labute approximate surface area is 173 Å². The summed E-state index contributed by atoms with van der Waals surface area (Å²) in [6, 6.07) is 12.7. The number of para-hydroxylation sites is 1. The molecule has 0 bridgehead atoms. The van der Waals surface area contributed by atoms with Crippen molar-refractivity contribution in [1.82, 2.24) is 14.7 Å². The van der Waals surface area contributed by atoms with Gasteiger partial charge in [-0.15, -0.1) is 0 Å². The Morgan fingerprint density at radius 2 is 1.90 bits per heavy atom. The third kappa shape index (κ3) is 3.25. The average molecular weight is 405 g/mol. The number of hydrogen-bond donors (Lipinski definition) is 0. The number of carbonyl (C=O) groups is 1. The number of nitrogens with zero attached hydrogens (tertiary/aromatic N) is 3. The molecule has 0 N–H and O–H groups in total. The van der Waals surface area contributed by atoms with Crippen LogP contribution in [0.4, 0.5) is 0 Å². The van der Waals surface area contributed by atoms with Gasteiger partial charge in [0, 0.05) is 31.4 Å². The Kier molecular flexibility index (Phi) is 4.55. The van der Waals surface area contributed by atoms with Gasteiger partial charge in [-0.2, -0.15) is 5.10 Å². The molecular formula is C23H23N3O4. The maximum atomic E-state index is 12.8. The smallest absolute Gasteiger partial charge is 0.289 e. The second-order valence-corrected chi connectivity index (χ2v) is 7.94. The minimum Gasteiger partial charge on any atom is -0.456 e. The third-order valence-corrected chi connectivity index (χ3v) is 5.95. The van der Waals surface area contributed by atoms with Crippen LogP contribution in [-0.2, 0) is 16.8 Å². The van der Waals surface area contributed by atoms with E-state index in [0.717, 1.165) is 17.8 Å². The Morgan fingerprint density at radius 1 is 1.13 bits per heavy atom. The molecule has 0 radical (unpaired) electrons. The standard InChI is InChI=1S/C23H23N3O4/c1-16-13-19(27)14-20(30-16)22(28)25-10-8-23(9-11-25)21-17(7-12-29-23)15-26(24-21)18-5-3-2-4-6-18/h2-6,13-15H,7-12H2,1H3. The fourth-order valence-electron chi connectivity index (χ4n) is 4.43. The summed E-state index contributed by atoms with van der Waals surface area (Å²) >= 11 is 0. The van der Waals surface area contributed by atoms with E-state index in [1.165, 1.54) is 17.7 Å². The molecule has 4 heterocycles. The fraction of sp³-hybridized carbons (Fsp3) is 0.348. The molecule has 1 fully saturated rings. The van der Waals surface area contributed by atoms with Crippen LogP contribution in [0.2, 0.25) is 0 Å². The van der Waals surface area contributed by atoms with Gasteiger partial charge in [0.1, 0.15) is 11.4 Å². The molecule has 2 aliphatic rings. The van der Waals surface area contributed by atoms with Crippen LogP contribution < -0.4 is 5.43 Å². The van der Waals surface area contributed by atoms with Gasteiger partial charge in [-0.05, 0) is 43.9 Å². The summed E-state index contributed by atoms with van der Waals surface area (Å²) in [5.41, 5.74) is 2.51. The monoisotopic (exact) mass is 405 g/mol. The number of aromatic nitrogens is 2. The van der Waals surface area contributed by atoms with Crippen LogP contribution in [0.3, 0.4) is 0 Å². The van der Waals surface area contributed by atoms with Crippen molar-refractivity contribution >= 4 is 5.91 Å². The molecule has 5 rings (SSSR count). The van der Waals surface area contributed by atoms with Gasteiger partial charge in [-0.1, -0.05) is 18.2 Å². The molecule has 0 unspecified atom stereocenters. The van der Waals surface area contributed by atoms with Crippen molar-refractivity contribution in [2.75, 3.05) is 19.7 Å². The van der Waals surface area contributed by atoms with E-state index in [2.05, 4.69) is 6.20 Å². The summed E-state index contributed by atoms with van der Waals surface area (Å²) in [6.07, 6.45) is 4.25. The molecule has 3 aromatic rings. The number of carbonyl (C=O) groups excluding carboxylic acids is 1. The number of likely N-dealkylation sites (tertiary alicyclic amines) is 1. The number of amides is 1. The van der Waals surface area contributed by atoms with Gasteiger partial charge in [0.05, 0.1) is 18.0 Å². The topological polar surface area (TPSA) is 77.6 Å². The average Bonchev–Trinajstić information content (AvgIpc) is 3.20. The molecule has 2 aromatic heterocycles. The van der Waals surface area contributed by atoms with Gasteiger partial charge < -0.3 is 14.1 Å². The second kappa shape index (κ2) is 7.25. The number of piperidine rings is 1. The van der Waals surface area contributed by atoms with Gasteiger partial charge in [0.15, 0.2) is 11.2 Å². The summed E-state index contributed by atoms with van der Waals surface area (Å²) in [5.74, 6) is 0.275. The lowest BCUT2D eigenvalue weighted by molar-refractivity contribution is -0.0965. The number of hydrogen-bond acceptors (Lipinski definition) is 5. The highest BCUT2D eigenvalue weighted by Gasteiger charge is 2.44. The van der Waals surface area contributed by atoms with Crippen LogP contribution >= 0.6 is 0 Å². The molecular weight excluding hydrogens is 382 g/mol. The molecule has 0 saturated carbocycles. The maximum absolute atomic E-state index is 12.8. The minimum atomic E-state index is -0.474. The van der Waals surface area contributed by atoms with E-state index in [1.54, 1.807) is 11.8 Å². The van der Waals surface area contributed by atoms with Crippen molar-refractivity contribution in [2.45, 2.75) is 31.8 Å². The first-order valence-electron chi connectivity index (χ1n) is 10.2. The first-order valence-corrected chi connectivity index (χ1v) is 10.2. The molecule has 7 nitrogen and oxygen atoms in total. The zero-order chi connectivity index (χ0) is 20.7. The zero-order valence-electron chi connectivity index (χ0n) is 16.8. The minimum absolute atomic E-state index is 0.0922. The molecule has 1 amide bonds. The first kappa shape index (κ1) is 18.8. The van der Waals surface area contributed by atoms with Crippen LogP contribution in [-0.4, -0.2) is 40.3 Å². The molecule has 30 heavy (non-hydrogen) atoms. The van der Waals surface area contributed by atoms with E-state index in [4.69, 9.17) is 14.3 Å². The lowest BCUT2D eigenvalue weighted by atomic mass is 9.83. The van der Waals surface area contributed by atoms with Gasteiger partial charge >= 0.3 is 0 Å². The SMILES string of the molecule is Cc1cc(=O)cc(C(=O)N2CCC3(CC2)OCCc2cn(-c4ccccc4)nc23)o1. The van der Waals surface area contributed by atoms with E-state index in [-0.39, 0.29) is 17.1 Å². The molecule has 0 atom stereocenters. The summed E-state index contributed by atoms with van der Waals surface area (Å²) in [7, 11) is 0. The van der Waals surface area contributed by atoms with Gasteiger partial charge in [-0.3, -0.25) is 9.59 Å². The summed E-state index contributed by atoms with van der Waals surface area (Å²) in [6.45, 7) is 3.36. The fourth-order valence-corrected chi connectivity index (χ4v) is 4.43. The molecule has 2 aliphatic heterocycles. The van der Waals surface area contributed by atoms with Gasteiger partial charge in [0.2, 0.25) is 0 Å². The third-order valence-electron chi connectivity index (χ3n) is 5.95. The maximum Gasteiger partial charge on any atom is 0.289 e. The van der Waals surface area contributed by atoms with Gasteiger partial charge in [-0.25, -0.2) is 4.68 Å². The summed E-state index contributed by atoms with van der Waals surface area (Å²) < 4.78 is 13.7. The van der Waals surface area contributed by atoms with Crippen molar-refractivity contribution in [3.63, 3.8) is 0 Å². The van der Waals surface area contributed by atoms with Crippen LogP contribution in [0.1, 0.15) is 40.4 Å². The van der Waals surface area contributed by atoms with E-state index in [0.29, 0.717) is 38.3 Å². The molecule has 7 heteroatoms. The van der Waals surface area contributed by atoms with Gasteiger partial charge in [0.25, 0.3) is 5.91 Å². The number of rotatable bonds is 2.